The first-order valence-corrected chi connectivity index (χ1v) is 10.7. The first-order chi connectivity index (χ1) is 11.3. The lowest BCUT2D eigenvalue weighted by molar-refractivity contribution is -0.129. The number of carbonyl (C=O) groups excluding carboxylic acids is 2. The van der Waals surface area contributed by atoms with Gasteiger partial charge in [0.25, 0.3) is 0 Å². The van der Waals surface area contributed by atoms with Gasteiger partial charge in [0, 0.05) is 28.5 Å². The van der Waals surface area contributed by atoms with E-state index < -0.39 is 9.84 Å². The SMILES string of the molecule is O=C(CCSc1ccc(Cl)cc1)NNC(=O)C[C@H]1CCS(=O)(=O)C1. The highest BCUT2D eigenvalue weighted by atomic mass is 35.5. The van der Waals surface area contributed by atoms with Crippen molar-refractivity contribution in [3.63, 3.8) is 0 Å². The average molecular weight is 391 g/mol. The second-order valence-corrected chi connectivity index (χ2v) is 9.46. The minimum atomic E-state index is -2.99. The van der Waals surface area contributed by atoms with Gasteiger partial charge in [0.15, 0.2) is 9.84 Å². The zero-order valence-corrected chi connectivity index (χ0v) is 15.3. The molecule has 1 aromatic carbocycles. The summed E-state index contributed by atoms with van der Waals surface area (Å²) in [6.07, 6.45) is 0.867. The fourth-order valence-corrected chi connectivity index (χ4v) is 5.18. The molecule has 1 atom stereocenters. The van der Waals surface area contributed by atoms with Crippen LogP contribution < -0.4 is 10.9 Å². The molecule has 1 aliphatic heterocycles. The number of rotatable bonds is 6. The van der Waals surface area contributed by atoms with E-state index >= 15 is 0 Å². The van der Waals surface area contributed by atoms with Crippen LogP contribution in [-0.4, -0.2) is 37.5 Å². The molecular weight excluding hydrogens is 372 g/mol. The van der Waals surface area contributed by atoms with Crippen molar-refractivity contribution < 1.29 is 18.0 Å². The number of halogens is 1. The Kier molecular flexibility index (Phi) is 6.94. The van der Waals surface area contributed by atoms with Crippen molar-refractivity contribution in [2.45, 2.75) is 24.2 Å². The molecule has 0 saturated carbocycles. The predicted octanol–water partition coefficient (Wildman–Crippen LogP) is 1.79. The van der Waals surface area contributed by atoms with Crippen molar-refractivity contribution in [2.24, 2.45) is 5.92 Å². The fraction of sp³-hybridized carbons (Fsp3) is 0.467. The molecular formula is C15H19ClN2O4S2. The number of thioether (sulfide) groups is 1. The number of sulfone groups is 1. The van der Waals surface area contributed by atoms with Crippen molar-refractivity contribution in [1.82, 2.24) is 10.9 Å². The molecule has 0 spiro atoms. The number of hydrazine groups is 1. The molecule has 6 nitrogen and oxygen atoms in total. The van der Waals surface area contributed by atoms with Crippen molar-refractivity contribution in [2.75, 3.05) is 17.3 Å². The third-order valence-corrected chi connectivity index (χ3v) is 6.66. The Hall–Kier alpha value is -1.25. The normalized spacial score (nSPS) is 19.0. The van der Waals surface area contributed by atoms with Gasteiger partial charge in [-0.05, 0) is 36.6 Å². The molecule has 1 aromatic rings. The molecule has 2 amide bonds. The van der Waals surface area contributed by atoms with Crippen LogP contribution in [-0.2, 0) is 19.4 Å². The van der Waals surface area contributed by atoms with Gasteiger partial charge in [-0.2, -0.15) is 0 Å². The van der Waals surface area contributed by atoms with Crippen LogP contribution in [0.2, 0.25) is 5.02 Å². The first-order valence-electron chi connectivity index (χ1n) is 7.50. The first kappa shape index (κ1) is 19.1. The van der Waals surface area contributed by atoms with Gasteiger partial charge in [0.05, 0.1) is 11.5 Å². The van der Waals surface area contributed by atoms with Crippen molar-refractivity contribution in [3.05, 3.63) is 29.3 Å². The quantitative estimate of drug-likeness (QED) is 0.570. The molecule has 1 aliphatic rings. The van der Waals surface area contributed by atoms with E-state index in [1.165, 1.54) is 11.8 Å². The van der Waals surface area contributed by atoms with Crippen LogP contribution in [0.25, 0.3) is 0 Å². The number of hydrogen-bond acceptors (Lipinski definition) is 5. The Labute approximate surface area is 150 Å². The van der Waals surface area contributed by atoms with Gasteiger partial charge in [-0.3, -0.25) is 20.4 Å². The average Bonchev–Trinajstić information content (AvgIpc) is 2.86. The van der Waals surface area contributed by atoms with Crippen molar-refractivity contribution in [3.8, 4) is 0 Å². The summed E-state index contributed by atoms with van der Waals surface area (Å²) in [4.78, 5) is 24.4. The number of carbonyl (C=O) groups is 2. The fourth-order valence-electron chi connectivity index (χ4n) is 2.34. The highest BCUT2D eigenvalue weighted by Gasteiger charge is 2.29. The molecule has 2 rings (SSSR count). The molecule has 9 heteroatoms. The maximum atomic E-state index is 11.7. The summed E-state index contributed by atoms with van der Waals surface area (Å²) in [7, 11) is -2.99. The maximum Gasteiger partial charge on any atom is 0.239 e. The number of nitrogens with one attached hydrogen (secondary N) is 2. The van der Waals surface area contributed by atoms with Crippen LogP contribution in [0.3, 0.4) is 0 Å². The van der Waals surface area contributed by atoms with E-state index in [2.05, 4.69) is 10.9 Å². The summed E-state index contributed by atoms with van der Waals surface area (Å²) in [5.74, 6) is -0.0535. The van der Waals surface area contributed by atoms with E-state index in [4.69, 9.17) is 11.6 Å². The third-order valence-electron chi connectivity index (χ3n) is 3.55. The summed E-state index contributed by atoms with van der Waals surface area (Å²) in [5, 5.41) is 0.662. The van der Waals surface area contributed by atoms with Crippen molar-refractivity contribution in [1.29, 1.82) is 0 Å². The van der Waals surface area contributed by atoms with Gasteiger partial charge in [-0.1, -0.05) is 11.6 Å². The lowest BCUT2D eigenvalue weighted by atomic mass is 10.1. The van der Waals surface area contributed by atoms with Gasteiger partial charge in [0.1, 0.15) is 0 Å². The third kappa shape index (κ3) is 6.70. The summed E-state index contributed by atoms with van der Waals surface area (Å²) in [5.41, 5.74) is 4.68. The maximum absolute atomic E-state index is 11.7. The zero-order valence-electron chi connectivity index (χ0n) is 13.0. The van der Waals surface area contributed by atoms with Gasteiger partial charge in [-0.15, -0.1) is 11.8 Å². The van der Waals surface area contributed by atoms with Crippen LogP contribution in [0.1, 0.15) is 19.3 Å². The van der Waals surface area contributed by atoms with Gasteiger partial charge >= 0.3 is 0 Å². The summed E-state index contributed by atoms with van der Waals surface area (Å²) in [6.45, 7) is 0. The second kappa shape index (κ2) is 8.73. The van der Waals surface area contributed by atoms with Crippen molar-refractivity contribution >= 4 is 45.0 Å². The number of amides is 2. The molecule has 0 aliphatic carbocycles. The topological polar surface area (TPSA) is 92.3 Å². The second-order valence-electron chi connectivity index (χ2n) is 5.62. The summed E-state index contributed by atoms with van der Waals surface area (Å²) >= 11 is 7.32. The smallest absolute Gasteiger partial charge is 0.239 e. The molecule has 0 radical (unpaired) electrons. The Morgan fingerprint density at radius 2 is 1.83 bits per heavy atom. The Bertz CT molecular complexity index is 692. The lowest BCUT2D eigenvalue weighted by Crippen LogP contribution is -2.42. The van der Waals surface area contributed by atoms with Gasteiger partial charge in [0.2, 0.25) is 11.8 Å². The highest BCUT2D eigenvalue weighted by molar-refractivity contribution is 7.99. The number of benzene rings is 1. The Balaban J connectivity index is 1.60. The Morgan fingerprint density at radius 1 is 1.17 bits per heavy atom. The molecule has 132 valence electrons. The minimum absolute atomic E-state index is 0.0477. The van der Waals surface area contributed by atoms with E-state index in [0.717, 1.165) is 4.90 Å². The minimum Gasteiger partial charge on any atom is -0.273 e. The molecule has 24 heavy (non-hydrogen) atoms. The van der Waals surface area contributed by atoms with E-state index in [0.29, 0.717) is 17.2 Å². The van der Waals surface area contributed by atoms with E-state index in [9.17, 15) is 18.0 Å². The van der Waals surface area contributed by atoms with E-state index in [1.54, 1.807) is 12.1 Å². The summed E-state index contributed by atoms with van der Waals surface area (Å²) < 4.78 is 22.7. The van der Waals surface area contributed by atoms with Crippen LogP contribution in [0.4, 0.5) is 0 Å². The van der Waals surface area contributed by atoms with Crippen LogP contribution in [0, 0.1) is 5.92 Å². The molecule has 0 aromatic heterocycles. The Morgan fingerprint density at radius 3 is 2.46 bits per heavy atom. The van der Waals surface area contributed by atoms with Gasteiger partial charge < -0.3 is 0 Å². The standard InChI is InChI=1S/C15H19ClN2O4S2/c16-12-1-3-13(4-2-12)23-7-5-14(19)17-18-15(20)9-11-6-8-24(21,22)10-11/h1-4,11H,5-10H2,(H,17,19)(H,18,20)/t11-/m1/s1. The molecule has 0 bridgehead atoms. The van der Waals surface area contributed by atoms with Crippen LogP contribution in [0.5, 0.6) is 0 Å². The lowest BCUT2D eigenvalue weighted by Gasteiger charge is -2.10. The van der Waals surface area contributed by atoms with Gasteiger partial charge in [-0.25, -0.2) is 8.42 Å². The van der Waals surface area contributed by atoms with Crippen LogP contribution >= 0.6 is 23.4 Å². The largest absolute Gasteiger partial charge is 0.273 e. The monoisotopic (exact) mass is 390 g/mol. The van der Waals surface area contributed by atoms with E-state index in [1.807, 2.05) is 12.1 Å². The highest BCUT2D eigenvalue weighted by Crippen LogP contribution is 2.22. The van der Waals surface area contributed by atoms with Crippen LogP contribution in [0.15, 0.2) is 29.2 Å². The molecule has 2 N–H and O–H groups in total. The molecule has 1 heterocycles. The molecule has 0 unspecified atom stereocenters. The molecule has 1 saturated heterocycles. The zero-order chi connectivity index (χ0) is 17.6. The summed E-state index contributed by atoms with van der Waals surface area (Å²) in [6, 6.07) is 7.32. The predicted molar refractivity (Wildman–Crippen MR) is 94.5 cm³/mol. The number of hydrogen-bond donors (Lipinski definition) is 2. The molecule has 1 fully saturated rings. The van der Waals surface area contributed by atoms with E-state index in [-0.39, 0.29) is 42.1 Å².